The number of rotatable bonds is 8. The summed E-state index contributed by atoms with van der Waals surface area (Å²) in [7, 11) is 0. The van der Waals surface area contributed by atoms with Gasteiger partial charge in [-0.25, -0.2) is 9.78 Å². The molecule has 0 N–H and O–H groups in total. The van der Waals surface area contributed by atoms with Crippen LogP contribution in [-0.4, -0.2) is 66.0 Å². The van der Waals surface area contributed by atoms with Gasteiger partial charge >= 0.3 is 12.3 Å². The summed E-state index contributed by atoms with van der Waals surface area (Å²) >= 11 is 6.16. The molecule has 9 nitrogen and oxygen atoms in total. The Morgan fingerprint density at radius 2 is 1.65 bits per heavy atom. The number of carbonyl (C=O) groups is 2. The zero-order valence-corrected chi connectivity index (χ0v) is 26.9. The Morgan fingerprint density at radius 3 is 2.35 bits per heavy atom. The van der Waals surface area contributed by atoms with Gasteiger partial charge in [0.2, 0.25) is 11.5 Å². The van der Waals surface area contributed by atoms with Crippen LogP contribution in [0.1, 0.15) is 58.1 Å². The smallest absolute Gasteiger partial charge is 0.437 e. The topological polar surface area (TPSA) is 92.0 Å². The van der Waals surface area contributed by atoms with Gasteiger partial charge in [0, 0.05) is 62.5 Å². The van der Waals surface area contributed by atoms with Gasteiger partial charge in [-0.1, -0.05) is 66.2 Å². The number of alkyl halides is 3. The van der Waals surface area contributed by atoms with Crippen LogP contribution in [0.2, 0.25) is 5.02 Å². The number of piperidine rings is 1. The minimum absolute atomic E-state index is 0.0771. The molecule has 4 heterocycles. The van der Waals surface area contributed by atoms with Crippen molar-refractivity contribution in [2.24, 2.45) is 0 Å². The fourth-order valence-electron chi connectivity index (χ4n) is 6.10. The van der Waals surface area contributed by atoms with E-state index in [0.717, 1.165) is 18.4 Å². The lowest BCUT2D eigenvalue weighted by atomic mass is 9.90. The predicted octanol–water partition coefficient (Wildman–Crippen LogP) is 7.40. The molecule has 2 saturated heterocycles. The largest absolute Gasteiger partial charge is 0.444 e. The molecular formula is C35H35ClF3N5O4. The fraction of sp³-hybridized carbons (Fsp3) is 0.371. The van der Waals surface area contributed by atoms with Crippen molar-refractivity contribution in [3.8, 4) is 0 Å². The van der Waals surface area contributed by atoms with Gasteiger partial charge in [0.1, 0.15) is 12.4 Å². The molecule has 0 unspecified atom stereocenters. The molecule has 4 aromatic rings. The average Bonchev–Trinajstić information content (AvgIpc) is 3.42. The first kappa shape index (κ1) is 33.3. The number of aromatic nitrogens is 2. The first-order valence-corrected chi connectivity index (χ1v) is 16.3. The highest BCUT2D eigenvalue weighted by molar-refractivity contribution is 6.31. The minimum atomic E-state index is -4.85. The monoisotopic (exact) mass is 681 g/mol. The molecule has 0 spiro atoms. The van der Waals surface area contributed by atoms with Crippen molar-refractivity contribution in [2.75, 3.05) is 49.1 Å². The van der Waals surface area contributed by atoms with Crippen molar-refractivity contribution in [3.05, 3.63) is 106 Å². The number of ether oxygens (including phenoxy) is 1. The fourth-order valence-corrected chi connectivity index (χ4v) is 6.29. The number of nitrogens with zero attached hydrogens (tertiary/aromatic N) is 5. The lowest BCUT2D eigenvalue weighted by Gasteiger charge is -2.31. The molecule has 252 valence electrons. The van der Waals surface area contributed by atoms with Crippen molar-refractivity contribution in [1.82, 2.24) is 14.9 Å². The zero-order chi connectivity index (χ0) is 33.7. The van der Waals surface area contributed by atoms with Crippen LogP contribution in [0.25, 0.3) is 0 Å². The second-order valence-electron chi connectivity index (χ2n) is 11.9. The Hall–Kier alpha value is -4.58. The highest BCUT2D eigenvalue weighted by Crippen LogP contribution is 2.37. The summed E-state index contributed by atoms with van der Waals surface area (Å²) in [4.78, 5) is 39.4. The van der Waals surface area contributed by atoms with Crippen LogP contribution >= 0.6 is 11.6 Å². The Kier molecular flexibility index (Phi) is 10.2. The summed E-state index contributed by atoms with van der Waals surface area (Å²) in [5.41, 5.74) is 1.05. The van der Waals surface area contributed by atoms with Crippen molar-refractivity contribution in [2.45, 2.75) is 44.4 Å². The van der Waals surface area contributed by atoms with Crippen molar-refractivity contribution in [3.63, 3.8) is 0 Å². The lowest BCUT2D eigenvalue weighted by Crippen LogP contribution is -2.35. The van der Waals surface area contributed by atoms with Gasteiger partial charge in [0.05, 0.1) is 0 Å². The standard InChI is InChI=1S/C35H35ClF3N5O4/c36-28-10-5-4-9-27(28)23-47-34(46)44-16-6-15-42(19-20-44)30-12-11-24(22-40-30)21-29(45)31-32(35(37,38)39)41-33(48-31)43-17-13-26(14-18-43)25-7-2-1-3-8-25/h1-5,7-12,22,26H,6,13-21,23H2. The number of anilines is 2. The summed E-state index contributed by atoms with van der Waals surface area (Å²) in [6.45, 7) is 3.08. The van der Waals surface area contributed by atoms with Crippen LogP contribution in [0.4, 0.5) is 29.8 Å². The van der Waals surface area contributed by atoms with E-state index in [1.54, 1.807) is 34.1 Å². The molecule has 2 fully saturated rings. The molecule has 0 atom stereocenters. The third-order valence-corrected chi connectivity index (χ3v) is 9.10. The van der Waals surface area contributed by atoms with Crippen LogP contribution < -0.4 is 9.80 Å². The number of halogens is 4. The molecule has 1 amide bonds. The molecular weight excluding hydrogens is 647 g/mol. The first-order valence-electron chi connectivity index (χ1n) is 15.9. The van der Waals surface area contributed by atoms with E-state index in [1.165, 1.54) is 11.8 Å². The van der Waals surface area contributed by atoms with Crippen molar-refractivity contribution >= 4 is 35.3 Å². The van der Waals surface area contributed by atoms with Gasteiger partial charge in [-0.2, -0.15) is 18.2 Å². The lowest BCUT2D eigenvalue weighted by molar-refractivity contribution is -0.141. The maximum Gasteiger partial charge on any atom is 0.437 e. The first-order chi connectivity index (χ1) is 23.2. The van der Waals surface area contributed by atoms with Gasteiger partial charge in [0.25, 0.3) is 6.01 Å². The maximum atomic E-state index is 14.0. The van der Waals surface area contributed by atoms with E-state index < -0.39 is 29.5 Å². The third-order valence-electron chi connectivity index (χ3n) is 8.73. The highest BCUT2D eigenvalue weighted by atomic mass is 35.5. The van der Waals surface area contributed by atoms with Gasteiger partial charge in [0.15, 0.2) is 5.69 Å². The third kappa shape index (κ3) is 7.92. The van der Waals surface area contributed by atoms with E-state index in [-0.39, 0.29) is 19.0 Å². The van der Waals surface area contributed by atoms with E-state index in [2.05, 4.69) is 22.1 Å². The Labute approximate surface area is 281 Å². The number of pyridine rings is 1. The van der Waals surface area contributed by atoms with Crippen LogP contribution in [0.3, 0.4) is 0 Å². The van der Waals surface area contributed by atoms with E-state index in [9.17, 15) is 22.8 Å². The number of hydrogen-bond donors (Lipinski definition) is 0. The number of benzene rings is 2. The quantitative estimate of drug-likeness (QED) is 0.178. The van der Waals surface area contributed by atoms with E-state index in [1.807, 2.05) is 35.2 Å². The Balaban J connectivity index is 1.05. The van der Waals surface area contributed by atoms with Gasteiger partial charge < -0.3 is 23.9 Å². The van der Waals surface area contributed by atoms with Gasteiger partial charge in [-0.05, 0) is 48.4 Å². The summed E-state index contributed by atoms with van der Waals surface area (Å²) in [6.07, 6.45) is -1.97. The van der Waals surface area contributed by atoms with Crippen LogP contribution in [0.15, 0.2) is 77.3 Å². The number of Topliss-reactive ketones (excluding diaryl/α,β-unsaturated/α-hetero) is 1. The number of amides is 1. The van der Waals surface area contributed by atoms with E-state index in [4.69, 9.17) is 20.8 Å². The Morgan fingerprint density at radius 1 is 0.896 bits per heavy atom. The van der Waals surface area contributed by atoms with Crippen molar-refractivity contribution in [1.29, 1.82) is 0 Å². The molecule has 13 heteroatoms. The van der Waals surface area contributed by atoms with E-state index >= 15 is 0 Å². The summed E-state index contributed by atoms with van der Waals surface area (Å²) in [5, 5.41) is 0.532. The molecule has 2 aromatic carbocycles. The van der Waals surface area contributed by atoms with Crippen LogP contribution in [-0.2, 0) is 23.9 Å². The SMILES string of the molecule is O=C(Cc1ccc(N2CCCN(C(=O)OCc3ccccc3Cl)CC2)nc1)c1oc(N2CCC(c3ccccc3)CC2)nc1C(F)(F)F. The molecule has 2 aromatic heterocycles. The number of oxazole rings is 1. The number of ketones is 1. The molecule has 0 aliphatic carbocycles. The minimum Gasteiger partial charge on any atom is -0.444 e. The second kappa shape index (κ2) is 14.7. The molecule has 2 aliphatic rings. The summed E-state index contributed by atoms with van der Waals surface area (Å²) < 4.78 is 52.9. The van der Waals surface area contributed by atoms with Crippen LogP contribution in [0, 0.1) is 0 Å². The molecule has 0 radical (unpaired) electrons. The number of carbonyl (C=O) groups excluding carboxylic acids is 2. The summed E-state index contributed by atoms with van der Waals surface area (Å²) in [6, 6.07) is 20.4. The number of hydrogen-bond acceptors (Lipinski definition) is 8. The Bertz CT molecular complexity index is 1710. The molecule has 0 bridgehead atoms. The normalized spacial score (nSPS) is 16.1. The average molecular weight is 682 g/mol. The molecule has 0 saturated carbocycles. The van der Waals surface area contributed by atoms with Gasteiger partial charge in [-0.3, -0.25) is 4.79 Å². The maximum absolute atomic E-state index is 14.0. The van der Waals surface area contributed by atoms with Crippen LogP contribution in [0.5, 0.6) is 0 Å². The molecule has 2 aliphatic heterocycles. The molecule has 6 rings (SSSR count). The zero-order valence-electron chi connectivity index (χ0n) is 26.2. The van der Waals surface area contributed by atoms with E-state index in [0.29, 0.717) is 68.0 Å². The van der Waals surface area contributed by atoms with Gasteiger partial charge in [-0.15, -0.1) is 0 Å². The highest BCUT2D eigenvalue weighted by Gasteiger charge is 2.42. The summed E-state index contributed by atoms with van der Waals surface area (Å²) in [5.74, 6) is -0.684. The predicted molar refractivity (Wildman–Crippen MR) is 174 cm³/mol. The second-order valence-corrected chi connectivity index (χ2v) is 12.3. The van der Waals surface area contributed by atoms with Crippen molar-refractivity contribution < 1.29 is 31.9 Å². The molecule has 48 heavy (non-hydrogen) atoms.